The molecule has 0 N–H and O–H groups in total. The summed E-state index contributed by atoms with van der Waals surface area (Å²) in [6, 6.07) is 2.94. The third-order valence-electron chi connectivity index (χ3n) is 2.17. The van der Waals surface area contributed by atoms with Crippen LogP contribution in [-0.4, -0.2) is 0 Å². The molecule has 0 amide bonds. The van der Waals surface area contributed by atoms with Crippen LogP contribution < -0.4 is 0 Å². The summed E-state index contributed by atoms with van der Waals surface area (Å²) in [5.74, 6) is -0.319. The predicted molar refractivity (Wildman–Crippen MR) is 71.8 cm³/mol. The largest absolute Gasteiger partial charge is 0.207 e. The molecule has 1 aromatic rings. The molecule has 1 atom stereocenters. The molecule has 16 heavy (non-hydrogen) atoms. The smallest absolute Gasteiger partial charge is 0.129 e. The second kappa shape index (κ2) is 5.24. The molecule has 1 unspecified atom stereocenters. The first-order valence-electron chi connectivity index (χ1n) is 4.99. The lowest BCUT2D eigenvalue weighted by atomic mass is 9.88. The lowest BCUT2D eigenvalue weighted by molar-refractivity contribution is 0.369. The Bertz CT molecular complexity index is 385. The molecule has 0 saturated heterocycles. The van der Waals surface area contributed by atoms with Gasteiger partial charge in [-0.2, -0.15) is 0 Å². The van der Waals surface area contributed by atoms with Crippen LogP contribution in [0.4, 0.5) is 4.39 Å². The van der Waals surface area contributed by atoms with Gasteiger partial charge in [0.05, 0.1) is 10.4 Å². The molecule has 1 rings (SSSR count). The van der Waals surface area contributed by atoms with Crippen LogP contribution in [0.15, 0.2) is 16.6 Å². The summed E-state index contributed by atoms with van der Waals surface area (Å²) in [6.07, 6.45) is 0.698. The van der Waals surface area contributed by atoms with Crippen molar-refractivity contribution in [2.24, 2.45) is 5.41 Å². The Kier molecular flexibility index (Phi) is 4.67. The van der Waals surface area contributed by atoms with E-state index >= 15 is 0 Å². The molecular weight excluding hydrogens is 314 g/mol. The minimum atomic E-state index is -0.356. The Morgan fingerprint density at radius 2 is 1.94 bits per heavy atom. The molecule has 0 spiro atoms. The molecular formula is C12H14BrCl2F. The number of rotatable bonds is 2. The minimum absolute atomic E-state index is 0.0540. The molecule has 0 aromatic heterocycles. The molecule has 0 saturated carbocycles. The highest BCUT2D eigenvalue weighted by molar-refractivity contribution is 9.10. The normalized spacial score (nSPS) is 13.9. The average molecular weight is 328 g/mol. The van der Waals surface area contributed by atoms with E-state index in [0.29, 0.717) is 21.5 Å². The van der Waals surface area contributed by atoms with Gasteiger partial charge in [-0.05, 0) is 39.9 Å². The third kappa shape index (κ3) is 3.90. The van der Waals surface area contributed by atoms with Crippen molar-refractivity contribution in [3.8, 4) is 0 Å². The first-order chi connectivity index (χ1) is 7.20. The SMILES string of the molecule is CC(C)(C)CC(Cl)c1cc(Cl)c(Br)cc1F. The van der Waals surface area contributed by atoms with Crippen molar-refractivity contribution < 1.29 is 4.39 Å². The molecule has 0 nitrogen and oxygen atoms in total. The Balaban J connectivity index is 3.00. The summed E-state index contributed by atoms with van der Waals surface area (Å²) in [5.41, 5.74) is 0.517. The Labute approximate surface area is 114 Å². The van der Waals surface area contributed by atoms with E-state index in [-0.39, 0.29) is 16.6 Å². The van der Waals surface area contributed by atoms with Gasteiger partial charge in [-0.3, -0.25) is 0 Å². The molecule has 4 heteroatoms. The van der Waals surface area contributed by atoms with Gasteiger partial charge in [-0.25, -0.2) is 4.39 Å². The molecule has 0 radical (unpaired) electrons. The quantitative estimate of drug-likeness (QED) is 0.464. The van der Waals surface area contributed by atoms with Gasteiger partial charge < -0.3 is 0 Å². The van der Waals surface area contributed by atoms with Crippen LogP contribution in [0.5, 0.6) is 0 Å². The average Bonchev–Trinajstić information content (AvgIpc) is 2.08. The lowest BCUT2D eigenvalue weighted by Gasteiger charge is -2.22. The summed E-state index contributed by atoms with van der Waals surface area (Å²) in [5, 5.41) is 0.126. The molecule has 0 heterocycles. The standard InChI is InChI=1S/C12H14BrCl2F/c1-12(2,3)6-10(15)7-4-9(14)8(13)5-11(7)16/h4-5,10H,6H2,1-3H3. The van der Waals surface area contributed by atoms with Crippen molar-refractivity contribution in [3.05, 3.63) is 33.0 Å². The monoisotopic (exact) mass is 326 g/mol. The molecule has 0 fully saturated rings. The zero-order valence-corrected chi connectivity index (χ0v) is 12.5. The Morgan fingerprint density at radius 3 is 2.44 bits per heavy atom. The van der Waals surface area contributed by atoms with Gasteiger partial charge in [0, 0.05) is 10.0 Å². The maximum absolute atomic E-state index is 13.7. The number of halogens is 4. The zero-order chi connectivity index (χ0) is 12.5. The van der Waals surface area contributed by atoms with Crippen LogP contribution in [0.2, 0.25) is 5.02 Å². The summed E-state index contributed by atoms with van der Waals surface area (Å²) >= 11 is 15.3. The van der Waals surface area contributed by atoms with Crippen LogP contribution in [-0.2, 0) is 0 Å². The number of hydrogen-bond donors (Lipinski definition) is 0. The number of alkyl halides is 1. The molecule has 90 valence electrons. The molecule has 0 aliphatic carbocycles. The van der Waals surface area contributed by atoms with Crippen LogP contribution in [0, 0.1) is 11.2 Å². The maximum Gasteiger partial charge on any atom is 0.129 e. The van der Waals surface area contributed by atoms with E-state index in [1.807, 2.05) is 0 Å². The maximum atomic E-state index is 13.7. The summed E-state index contributed by atoms with van der Waals surface area (Å²) in [4.78, 5) is 0. The molecule has 1 aromatic carbocycles. The molecule has 0 aliphatic heterocycles. The van der Waals surface area contributed by atoms with Crippen molar-refractivity contribution in [2.45, 2.75) is 32.6 Å². The van der Waals surface area contributed by atoms with Crippen LogP contribution in [0.25, 0.3) is 0 Å². The van der Waals surface area contributed by atoms with Crippen molar-refractivity contribution in [1.29, 1.82) is 0 Å². The van der Waals surface area contributed by atoms with E-state index in [1.165, 1.54) is 6.07 Å². The van der Waals surface area contributed by atoms with Crippen LogP contribution in [0.1, 0.15) is 38.1 Å². The van der Waals surface area contributed by atoms with E-state index in [1.54, 1.807) is 6.07 Å². The van der Waals surface area contributed by atoms with Gasteiger partial charge in [0.1, 0.15) is 5.82 Å². The lowest BCUT2D eigenvalue weighted by Crippen LogP contribution is -2.09. The number of benzene rings is 1. The van der Waals surface area contributed by atoms with Crippen LogP contribution >= 0.6 is 39.1 Å². The number of hydrogen-bond acceptors (Lipinski definition) is 0. The summed E-state index contributed by atoms with van der Waals surface area (Å²) in [7, 11) is 0. The highest BCUT2D eigenvalue weighted by Crippen LogP contribution is 2.37. The Morgan fingerprint density at radius 1 is 1.38 bits per heavy atom. The molecule has 0 bridgehead atoms. The zero-order valence-electron chi connectivity index (χ0n) is 9.45. The van der Waals surface area contributed by atoms with Gasteiger partial charge in [-0.15, -0.1) is 11.6 Å². The fourth-order valence-corrected chi connectivity index (χ4v) is 2.54. The first kappa shape index (κ1) is 14.3. The summed E-state index contributed by atoms with van der Waals surface area (Å²) in [6.45, 7) is 6.21. The van der Waals surface area contributed by atoms with E-state index < -0.39 is 0 Å². The van der Waals surface area contributed by atoms with E-state index in [9.17, 15) is 4.39 Å². The Hall–Kier alpha value is 0.210. The highest BCUT2D eigenvalue weighted by atomic mass is 79.9. The van der Waals surface area contributed by atoms with E-state index in [2.05, 4.69) is 36.7 Å². The third-order valence-corrected chi connectivity index (χ3v) is 3.76. The van der Waals surface area contributed by atoms with Crippen molar-refractivity contribution in [2.75, 3.05) is 0 Å². The minimum Gasteiger partial charge on any atom is -0.207 e. The van der Waals surface area contributed by atoms with Crippen molar-refractivity contribution in [3.63, 3.8) is 0 Å². The fourth-order valence-electron chi connectivity index (χ4n) is 1.43. The van der Waals surface area contributed by atoms with Gasteiger partial charge in [0.25, 0.3) is 0 Å². The second-order valence-electron chi connectivity index (χ2n) is 5.02. The van der Waals surface area contributed by atoms with Crippen molar-refractivity contribution >= 4 is 39.1 Å². The van der Waals surface area contributed by atoms with E-state index in [0.717, 1.165) is 0 Å². The first-order valence-corrected chi connectivity index (χ1v) is 6.60. The predicted octanol–water partition coefficient (Wildman–Crippen LogP) is 5.96. The van der Waals surface area contributed by atoms with Gasteiger partial charge in [0.15, 0.2) is 0 Å². The van der Waals surface area contributed by atoms with Crippen molar-refractivity contribution in [1.82, 2.24) is 0 Å². The molecule has 0 aliphatic rings. The van der Waals surface area contributed by atoms with Gasteiger partial charge in [-0.1, -0.05) is 32.4 Å². The second-order valence-corrected chi connectivity index (χ2v) is 6.81. The highest BCUT2D eigenvalue weighted by Gasteiger charge is 2.21. The van der Waals surface area contributed by atoms with E-state index in [4.69, 9.17) is 23.2 Å². The topological polar surface area (TPSA) is 0 Å². The van der Waals surface area contributed by atoms with Crippen LogP contribution in [0.3, 0.4) is 0 Å². The van der Waals surface area contributed by atoms with Gasteiger partial charge in [0.2, 0.25) is 0 Å². The summed E-state index contributed by atoms with van der Waals surface area (Å²) < 4.78 is 14.2. The van der Waals surface area contributed by atoms with Gasteiger partial charge >= 0.3 is 0 Å². The fraction of sp³-hybridized carbons (Fsp3) is 0.500.